The first-order valence-corrected chi connectivity index (χ1v) is 16.8. The number of aryl methyl sites for hydroxylation is 2. The van der Waals surface area contributed by atoms with Crippen molar-refractivity contribution in [2.75, 3.05) is 51.3 Å². The van der Waals surface area contributed by atoms with Crippen molar-refractivity contribution >= 4 is 28.3 Å². The molecule has 0 unspecified atom stereocenters. The maximum Gasteiger partial charge on any atom is 1.00 e. The van der Waals surface area contributed by atoms with Gasteiger partial charge in [-0.1, -0.05) is 60.2 Å². The van der Waals surface area contributed by atoms with E-state index >= 15 is 0 Å². The second-order valence-corrected chi connectivity index (χ2v) is 12.3. The van der Waals surface area contributed by atoms with E-state index in [1.165, 1.54) is 5.56 Å². The number of methoxy groups -OCH3 is 1. The molecule has 2 heterocycles. The first-order valence-electron chi connectivity index (χ1n) is 16.8. The molecule has 5 aromatic rings. The molecule has 10 heteroatoms. The number of nitrogens with zero attached hydrogens (tertiary/aromatic N) is 3. The van der Waals surface area contributed by atoms with Crippen molar-refractivity contribution < 1.29 is 80.3 Å². The fraction of sp³-hybridized carbons (Fsp3) is 0.300. The SMILES string of the molecule is COc1ccccc1N1CCN(CCOc2cc(C(=O)c3cn(CCCC(=O)[O-])c4ccccc34)ccc2OCc2ccc(C)cc2)CC1.[K+]. The van der Waals surface area contributed by atoms with E-state index in [1.54, 1.807) is 19.2 Å². The monoisotopic (exact) mass is 699 g/mol. The molecular formula is C40H42KN3O6. The number of fused-ring (bicyclic) bond motifs is 1. The van der Waals surface area contributed by atoms with Crippen LogP contribution in [0.25, 0.3) is 10.9 Å². The number of ketones is 1. The van der Waals surface area contributed by atoms with Crippen molar-refractivity contribution in [1.29, 1.82) is 0 Å². The summed E-state index contributed by atoms with van der Waals surface area (Å²) in [6.45, 7) is 7.61. The predicted octanol–water partition coefficient (Wildman–Crippen LogP) is 2.50. The number of carbonyl (C=O) groups is 2. The van der Waals surface area contributed by atoms with Crippen LogP contribution in [0.2, 0.25) is 0 Å². The van der Waals surface area contributed by atoms with Crippen LogP contribution in [0.4, 0.5) is 5.69 Å². The summed E-state index contributed by atoms with van der Waals surface area (Å²) in [5.74, 6) is 0.746. The number of aliphatic carboxylic acids is 1. The van der Waals surface area contributed by atoms with E-state index in [0.717, 1.165) is 60.6 Å². The van der Waals surface area contributed by atoms with Crippen molar-refractivity contribution in [3.8, 4) is 17.2 Å². The van der Waals surface area contributed by atoms with Crippen LogP contribution in [-0.2, 0) is 17.9 Å². The Balaban J connectivity index is 0.00000486. The third-order valence-electron chi connectivity index (χ3n) is 9.00. The Hall–Kier alpha value is -3.64. The van der Waals surface area contributed by atoms with E-state index in [0.29, 0.717) is 48.8 Å². The van der Waals surface area contributed by atoms with Gasteiger partial charge in [0.1, 0.15) is 19.0 Å². The number of hydrogen-bond acceptors (Lipinski definition) is 8. The number of ether oxygens (including phenoxy) is 3. The minimum absolute atomic E-state index is 0. The van der Waals surface area contributed by atoms with Gasteiger partial charge in [0, 0.05) is 73.5 Å². The number of rotatable bonds is 15. The zero-order valence-electron chi connectivity index (χ0n) is 29.1. The molecule has 6 rings (SSSR count). The first kappa shape index (κ1) is 37.6. The smallest absolute Gasteiger partial charge is 0.550 e. The largest absolute Gasteiger partial charge is 1.00 e. The van der Waals surface area contributed by atoms with Gasteiger partial charge in [0.2, 0.25) is 0 Å². The molecule has 0 radical (unpaired) electrons. The standard InChI is InChI=1S/C40H43N3O6.K/c1-29-13-15-30(16-14-29)28-49-37-18-17-31(40(46)33-27-43(19-7-12-39(44)45)34-9-4-3-8-32(33)34)26-38(37)48-25-24-41-20-22-42(23-21-41)35-10-5-6-11-36(35)47-2;/h3-6,8-11,13-18,26-27H,7,12,19-25,28H2,1-2H3,(H,44,45);/q;+1/p-1. The Morgan fingerprint density at radius 1 is 0.800 bits per heavy atom. The number of anilines is 1. The maximum atomic E-state index is 14.0. The van der Waals surface area contributed by atoms with Crippen LogP contribution in [-0.4, -0.2) is 67.7 Å². The average molecular weight is 700 g/mol. The summed E-state index contributed by atoms with van der Waals surface area (Å²) in [4.78, 5) is 29.7. The minimum Gasteiger partial charge on any atom is -0.550 e. The van der Waals surface area contributed by atoms with Crippen LogP contribution in [0.3, 0.4) is 0 Å². The number of carbonyl (C=O) groups excluding carboxylic acids is 2. The zero-order chi connectivity index (χ0) is 34.2. The van der Waals surface area contributed by atoms with Crippen molar-refractivity contribution in [3.05, 3.63) is 119 Å². The fourth-order valence-electron chi connectivity index (χ4n) is 6.28. The Labute approximate surface area is 336 Å². The Morgan fingerprint density at radius 3 is 2.30 bits per heavy atom. The molecule has 254 valence electrons. The number of aromatic nitrogens is 1. The van der Waals surface area contributed by atoms with Gasteiger partial charge < -0.3 is 33.6 Å². The summed E-state index contributed by atoms with van der Waals surface area (Å²) in [6, 6.07) is 29.3. The predicted molar refractivity (Wildman–Crippen MR) is 189 cm³/mol. The first-order chi connectivity index (χ1) is 23.9. The van der Waals surface area contributed by atoms with Gasteiger partial charge in [0.15, 0.2) is 17.3 Å². The van der Waals surface area contributed by atoms with E-state index < -0.39 is 5.97 Å². The minimum atomic E-state index is -1.08. The summed E-state index contributed by atoms with van der Waals surface area (Å²) in [5, 5.41) is 11.8. The van der Waals surface area contributed by atoms with Crippen LogP contribution >= 0.6 is 0 Å². The van der Waals surface area contributed by atoms with E-state index in [-0.39, 0.29) is 63.6 Å². The van der Waals surface area contributed by atoms with Crippen LogP contribution < -0.4 is 75.6 Å². The zero-order valence-corrected chi connectivity index (χ0v) is 32.2. The Kier molecular flexibility index (Phi) is 13.6. The number of benzene rings is 4. The molecule has 1 aliphatic heterocycles. The van der Waals surface area contributed by atoms with E-state index in [4.69, 9.17) is 14.2 Å². The van der Waals surface area contributed by atoms with Gasteiger partial charge in [0.25, 0.3) is 0 Å². The van der Waals surface area contributed by atoms with Crippen molar-refractivity contribution in [3.63, 3.8) is 0 Å². The maximum absolute atomic E-state index is 14.0. The van der Waals surface area contributed by atoms with Crippen molar-refractivity contribution in [1.82, 2.24) is 9.47 Å². The summed E-state index contributed by atoms with van der Waals surface area (Å²) in [6.07, 6.45) is 2.18. The molecule has 0 saturated carbocycles. The number of carboxylic acid groups (broad SMARTS) is 1. The van der Waals surface area contributed by atoms with E-state index in [9.17, 15) is 14.7 Å². The van der Waals surface area contributed by atoms with Gasteiger partial charge in [-0.25, -0.2) is 0 Å². The number of para-hydroxylation sites is 3. The summed E-state index contributed by atoms with van der Waals surface area (Å²) in [5.41, 5.74) is 5.25. The second-order valence-electron chi connectivity index (χ2n) is 12.3. The summed E-state index contributed by atoms with van der Waals surface area (Å²) in [7, 11) is 1.70. The Morgan fingerprint density at radius 2 is 1.54 bits per heavy atom. The van der Waals surface area contributed by atoms with Crippen LogP contribution in [0, 0.1) is 6.92 Å². The molecule has 50 heavy (non-hydrogen) atoms. The van der Waals surface area contributed by atoms with Gasteiger partial charge in [-0.15, -0.1) is 0 Å². The molecule has 1 aromatic heterocycles. The third kappa shape index (κ3) is 9.37. The third-order valence-corrected chi connectivity index (χ3v) is 9.00. The topological polar surface area (TPSA) is 96.3 Å². The number of carboxylic acids is 1. The van der Waals surface area contributed by atoms with E-state index in [2.05, 4.69) is 34.9 Å². The van der Waals surface area contributed by atoms with Crippen molar-refractivity contribution in [2.24, 2.45) is 0 Å². The molecular weight excluding hydrogens is 658 g/mol. The molecule has 1 aliphatic rings. The Bertz CT molecular complexity index is 1900. The fourth-order valence-corrected chi connectivity index (χ4v) is 6.28. The summed E-state index contributed by atoms with van der Waals surface area (Å²) >= 11 is 0. The molecule has 0 aliphatic carbocycles. The molecule has 0 amide bonds. The molecule has 1 fully saturated rings. The van der Waals surface area contributed by atoms with Gasteiger partial charge in [-0.3, -0.25) is 9.69 Å². The molecule has 0 bridgehead atoms. The average Bonchev–Trinajstić information content (AvgIpc) is 3.50. The molecule has 4 aromatic carbocycles. The van der Waals surface area contributed by atoms with Crippen LogP contribution in [0.15, 0.2) is 97.2 Å². The molecule has 1 saturated heterocycles. The molecule has 0 atom stereocenters. The summed E-state index contributed by atoms with van der Waals surface area (Å²) < 4.78 is 20.1. The second kappa shape index (κ2) is 18.0. The quantitative estimate of drug-likeness (QED) is 0.122. The van der Waals surface area contributed by atoms with Gasteiger partial charge in [-0.2, -0.15) is 0 Å². The molecule has 0 spiro atoms. The van der Waals surface area contributed by atoms with Crippen LogP contribution in [0.5, 0.6) is 17.2 Å². The van der Waals surface area contributed by atoms with Crippen molar-refractivity contribution in [2.45, 2.75) is 32.9 Å². The van der Waals surface area contributed by atoms with Gasteiger partial charge >= 0.3 is 51.4 Å². The van der Waals surface area contributed by atoms with Crippen LogP contribution in [0.1, 0.15) is 39.9 Å². The normalized spacial score (nSPS) is 13.1. The van der Waals surface area contributed by atoms with E-state index in [1.807, 2.05) is 71.4 Å². The number of piperazine rings is 1. The number of hydrogen-bond donors (Lipinski definition) is 0. The molecule has 0 N–H and O–H groups in total. The van der Waals surface area contributed by atoms with Gasteiger partial charge in [0.05, 0.1) is 12.8 Å². The van der Waals surface area contributed by atoms with Gasteiger partial charge in [-0.05, 0) is 61.7 Å². The molecule has 9 nitrogen and oxygen atoms in total.